The molecule has 3 aliphatic rings. The van der Waals surface area contributed by atoms with E-state index in [1.54, 1.807) is 0 Å². The molecule has 44 heavy (non-hydrogen) atoms. The van der Waals surface area contributed by atoms with E-state index in [9.17, 15) is 28.8 Å². The maximum atomic E-state index is 14.2. The Kier molecular flexibility index (Phi) is 12.0. The van der Waals surface area contributed by atoms with Crippen molar-refractivity contribution in [2.45, 2.75) is 130 Å². The van der Waals surface area contributed by atoms with Crippen LogP contribution < -0.4 is 21.7 Å². The number of hydrogen-bond acceptors (Lipinski definition) is 6. The molecule has 2 saturated carbocycles. The van der Waals surface area contributed by atoms with Crippen molar-refractivity contribution >= 4 is 35.3 Å². The molecule has 3 fully saturated rings. The fourth-order valence-corrected chi connectivity index (χ4v) is 6.78. The van der Waals surface area contributed by atoms with Gasteiger partial charge in [0.05, 0.1) is 12.1 Å². The zero-order chi connectivity index (χ0) is 32.9. The monoisotopic (exact) mass is 617 g/mol. The van der Waals surface area contributed by atoms with Gasteiger partial charge in [-0.2, -0.15) is 0 Å². The number of carbonyl (C=O) groups is 6. The Hall–Kier alpha value is -2.98. The summed E-state index contributed by atoms with van der Waals surface area (Å²) in [6, 6.07) is -4.17. The van der Waals surface area contributed by atoms with Gasteiger partial charge in [0.15, 0.2) is 5.78 Å². The second-order valence-corrected chi connectivity index (χ2v) is 15.0. The van der Waals surface area contributed by atoms with Gasteiger partial charge >= 0.3 is 6.03 Å². The number of likely N-dealkylation sites (tertiary alicyclic amines) is 1. The Balaban J connectivity index is 1.80. The van der Waals surface area contributed by atoms with Crippen molar-refractivity contribution in [3.8, 4) is 0 Å². The maximum Gasteiger partial charge on any atom is 0.316 e. The van der Waals surface area contributed by atoms with Gasteiger partial charge in [0, 0.05) is 12.5 Å². The van der Waals surface area contributed by atoms with Crippen LogP contribution in [-0.2, 0) is 24.0 Å². The average Bonchev–Trinajstić information content (AvgIpc) is 3.65. The molecule has 1 aliphatic heterocycles. The van der Waals surface area contributed by atoms with Crippen LogP contribution in [0.3, 0.4) is 0 Å². The SMILES string of the molecule is CC(C)C1CCN(C(=O)[C@@H](NC(=O)N[C@H](C(=O)C2CCCCC2)C(C)C)C(C)(C)C)[C@@H]1C(=O)NC(CC1CC1)C(=O)C(N)=O. The molecular weight excluding hydrogens is 562 g/mol. The van der Waals surface area contributed by atoms with Gasteiger partial charge < -0.3 is 26.6 Å². The molecule has 2 unspecified atom stereocenters. The lowest BCUT2D eigenvalue weighted by Crippen LogP contribution is -2.62. The standard InChI is InChI=1S/C33H55N5O6/c1-18(2)22-15-16-38(25(22)30(42)35-23(17-20-13-14-20)27(40)29(34)41)31(43)28(33(5,6)7)37-32(44)36-24(19(3)4)26(39)21-11-9-8-10-12-21/h18-25,28H,8-17H2,1-7H3,(H2,34,41)(H,35,42)(H2,36,37,44)/t22?,23?,24-,25-,28+/m0/s1. The smallest absolute Gasteiger partial charge is 0.316 e. The number of nitrogens with zero attached hydrogens (tertiary/aromatic N) is 1. The van der Waals surface area contributed by atoms with Gasteiger partial charge in [-0.05, 0) is 54.8 Å². The van der Waals surface area contributed by atoms with E-state index in [4.69, 9.17) is 5.73 Å². The largest absolute Gasteiger partial charge is 0.363 e. The highest BCUT2D eigenvalue weighted by Gasteiger charge is 2.48. The molecule has 11 nitrogen and oxygen atoms in total. The molecule has 11 heteroatoms. The summed E-state index contributed by atoms with van der Waals surface area (Å²) < 4.78 is 0. The lowest BCUT2D eigenvalue weighted by molar-refractivity contribution is -0.144. The number of primary amides is 1. The summed E-state index contributed by atoms with van der Waals surface area (Å²) in [5.74, 6) is -2.87. The van der Waals surface area contributed by atoms with Crippen molar-refractivity contribution in [3.05, 3.63) is 0 Å². The summed E-state index contributed by atoms with van der Waals surface area (Å²) in [6.07, 6.45) is 7.55. The predicted octanol–water partition coefficient (Wildman–Crippen LogP) is 3.09. The molecule has 1 saturated heterocycles. The molecule has 1 heterocycles. The molecule has 248 valence electrons. The van der Waals surface area contributed by atoms with Crippen molar-refractivity contribution in [2.75, 3.05) is 6.54 Å². The van der Waals surface area contributed by atoms with Crippen molar-refractivity contribution in [2.24, 2.45) is 40.7 Å². The van der Waals surface area contributed by atoms with Gasteiger partial charge in [-0.25, -0.2) is 4.79 Å². The van der Waals surface area contributed by atoms with E-state index in [1.807, 2.05) is 48.5 Å². The van der Waals surface area contributed by atoms with Crippen LogP contribution in [-0.4, -0.2) is 70.9 Å². The molecule has 0 aromatic heterocycles. The van der Waals surface area contributed by atoms with E-state index in [0.29, 0.717) is 19.4 Å². The quantitative estimate of drug-likeness (QED) is 0.232. The highest BCUT2D eigenvalue weighted by atomic mass is 16.2. The number of rotatable bonds is 13. The van der Waals surface area contributed by atoms with Gasteiger partial charge in [0.2, 0.25) is 17.6 Å². The number of urea groups is 1. The molecule has 3 rings (SSSR count). The first-order valence-electron chi connectivity index (χ1n) is 16.6. The molecule has 0 aromatic rings. The Morgan fingerprint density at radius 3 is 1.95 bits per heavy atom. The minimum Gasteiger partial charge on any atom is -0.363 e. The molecule has 5 N–H and O–H groups in total. The number of Topliss-reactive ketones (excluding diaryl/α,β-unsaturated/α-hetero) is 2. The maximum absolute atomic E-state index is 14.2. The third kappa shape index (κ3) is 9.03. The van der Waals surface area contributed by atoms with Crippen molar-refractivity contribution in [1.82, 2.24) is 20.9 Å². The van der Waals surface area contributed by atoms with Crippen LogP contribution in [0.1, 0.15) is 106 Å². The molecule has 0 aromatic carbocycles. The lowest BCUT2D eigenvalue weighted by Gasteiger charge is -2.37. The van der Waals surface area contributed by atoms with Gasteiger partial charge in [-0.1, -0.05) is 80.6 Å². The summed E-state index contributed by atoms with van der Waals surface area (Å²) in [5.41, 5.74) is 4.57. The van der Waals surface area contributed by atoms with Crippen LogP contribution in [0.5, 0.6) is 0 Å². The number of nitrogens with two attached hydrogens (primary N) is 1. The van der Waals surface area contributed by atoms with Crippen molar-refractivity contribution in [3.63, 3.8) is 0 Å². The molecule has 5 atom stereocenters. The summed E-state index contributed by atoms with van der Waals surface area (Å²) in [5, 5.41) is 8.47. The highest BCUT2D eigenvalue weighted by molar-refractivity contribution is 6.37. The van der Waals surface area contributed by atoms with E-state index < -0.39 is 59.1 Å². The predicted molar refractivity (Wildman–Crippen MR) is 167 cm³/mol. The molecule has 2 aliphatic carbocycles. The Morgan fingerprint density at radius 1 is 0.841 bits per heavy atom. The third-order valence-electron chi connectivity index (χ3n) is 9.65. The number of hydrogen-bond donors (Lipinski definition) is 4. The van der Waals surface area contributed by atoms with E-state index in [2.05, 4.69) is 16.0 Å². The fourth-order valence-electron chi connectivity index (χ4n) is 6.78. The number of carbonyl (C=O) groups excluding carboxylic acids is 6. The first kappa shape index (κ1) is 35.5. The minimum atomic E-state index is -1.10. The van der Waals surface area contributed by atoms with Gasteiger partial charge in [-0.3, -0.25) is 24.0 Å². The topological polar surface area (TPSA) is 168 Å². The third-order valence-corrected chi connectivity index (χ3v) is 9.65. The van der Waals surface area contributed by atoms with Gasteiger partial charge in [-0.15, -0.1) is 0 Å². The van der Waals surface area contributed by atoms with E-state index in [0.717, 1.165) is 44.9 Å². The average molecular weight is 618 g/mol. The second-order valence-electron chi connectivity index (χ2n) is 15.0. The van der Waals surface area contributed by atoms with Crippen LogP contribution >= 0.6 is 0 Å². The summed E-state index contributed by atoms with van der Waals surface area (Å²) in [7, 11) is 0. The molecular formula is C33H55N5O6. The summed E-state index contributed by atoms with van der Waals surface area (Å²) in [6.45, 7) is 13.6. The van der Waals surface area contributed by atoms with E-state index in [-0.39, 0.29) is 35.4 Å². The zero-order valence-corrected chi connectivity index (χ0v) is 27.7. The normalized spacial score (nSPS) is 23.2. The van der Waals surface area contributed by atoms with Crippen LogP contribution in [0.2, 0.25) is 0 Å². The molecule has 5 amide bonds. The lowest BCUT2D eigenvalue weighted by atomic mass is 9.81. The Bertz CT molecular complexity index is 1090. The second kappa shape index (κ2) is 14.9. The Morgan fingerprint density at radius 2 is 1.45 bits per heavy atom. The highest BCUT2D eigenvalue weighted by Crippen LogP contribution is 2.36. The van der Waals surface area contributed by atoms with Crippen LogP contribution in [0.25, 0.3) is 0 Å². The first-order valence-corrected chi connectivity index (χ1v) is 16.6. The summed E-state index contributed by atoms with van der Waals surface area (Å²) >= 11 is 0. The molecule has 0 spiro atoms. The first-order chi connectivity index (χ1) is 20.5. The van der Waals surface area contributed by atoms with E-state index >= 15 is 0 Å². The number of nitrogens with one attached hydrogen (secondary N) is 3. The minimum absolute atomic E-state index is 0.0378. The number of ketones is 2. The van der Waals surface area contributed by atoms with E-state index in [1.165, 1.54) is 4.90 Å². The summed E-state index contributed by atoms with van der Waals surface area (Å²) in [4.78, 5) is 80.6. The fraction of sp³-hybridized carbons (Fsp3) is 0.818. The van der Waals surface area contributed by atoms with Gasteiger partial charge in [0.1, 0.15) is 12.1 Å². The molecule has 0 bridgehead atoms. The Labute approximate surface area is 262 Å². The van der Waals surface area contributed by atoms with Crippen LogP contribution in [0.15, 0.2) is 0 Å². The number of amides is 5. The van der Waals surface area contributed by atoms with Crippen molar-refractivity contribution < 1.29 is 28.8 Å². The van der Waals surface area contributed by atoms with Gasteiger partial charge in [0.25, 0.3) is 5.91 Å². The zero-order valence-electron chi connectivity index (χ0n) is 27.7. The molecule has 0 radical (unpaired) electrons. The van der Waals surface area contributed by atoms with Crippen LogP contribution in [0, 0.1) is 35.0 Å². The van der Waals surface area contributed by atoms with Crippen LogP contribution in [0.4, 0.5) is 4.79 Å². The van der Waals surface area contributed by atoms with Crippen molar-refractivity contribution in [1.29, 1.82) is 0 Å².